The van der Waals surface area contributed by atoms with Gasteiger partial charge in [0.1, 0.15) is 0 Å². The van der Waals surface area contributed by atoms with Crippen LogP contribution in [0.5, 0.6) is 0 Å². The number of oxime groups is 1. The normalized spacial score (nSPS) is 10.7. The molecule has 23 heavy (non-hydrogen) atoms. The molecule has 2 rings (SSSR count). The first kappa shape index (κ1) is 17.2. The number of nitrogens with zero attached hydrogens (tertiary/aromatic N) is 1. The van der Waals surface area contributed by atoms with Gasteiger partial charge >= 0.3 is 0 Å². The number of anilines is 1. The van der Waals surface area contributed by atoms with Gasteiger partial charge in [-0.1, -0.05) is 42.4 Å². The number of nitrogens with one attached hydrogen (secondary N) is 1. The molecule has 0 aliphatic heterocycles. The fourth-order valence-corrected chi connectivity index (χ4v) is 2.53. The first-order chi connectivity index (χ1) is 11.1. The van der Waals surface area contributed by atoms with Crippen LogP contribution in [0.3, 0.4) is 0 Å². The second-order valence-corrected chi connectivity index (χ2v) is 5.99. The Morgan fingerprint density at radius 2 is 2.00 bits per heavy atom. The van der Waals surface area contributed by atoms with Crippen molar-refractivity contribution in [3.63, 3.8) is 0 Å². The number of halogens is 1. The van der Waals surface area contributed by atoms with Crippen molar-refractivity contribution >= 4 is 33.7 Å². The predicted molar refractivity (Wildman–Crippen MR) is 96.9 cm³/mol. The Morgan fingerprint density at radius 3 is 2.65 bits per heavy atom. The zero-order chi connectivity index (χ0) is 16.7. The Morgan fingerprint density at radius 1 is 1.26 bits per heavy atom. The van der Waals surface area contributed by atoms with Crippen molar-refractivity contribution in [1.29, 1.82) is 0 Å². The third-order valence-corrected chi connectivity index (χ3v) is 3.91. The fourth-order valence-electron chi connectivity index (χ4n) is 1.94. The first-order valence-corrected chi connectivity index (χ1v) is 8.18. The van der Waals surface area contributed by atoms with E-state index in [1.807, 2.05) is 49.4 Å². The SMILES string of the molecule is CCc1ccc(/C=N\OCC(=O)Nc2ccc(C)cc2Br)cc1. The van der Waals surface area contributed by atoms with Gasteiger partial charge in [-0.05, 0) is 58.1 Å². The van der Waals surface area contributed by atoms with Crippen molar-refractivity contribution in [2.75, 3.05) is 11.9 Å². The maximum atomic E-state index is 11.8. The van der Waals surface area contributed by atoms with E-state index >= 15 is 0 Å². The van der Waals surface area contributed by atoms with Crippen molar-refractivity contribution in [2.24, 2.45) is 5.16 Å². The van der Waals surface area contributed by atoms with E-state index in [9.17, 15) is 4.79 Å². The van der Waals surface area contributed by atoms with E-state index in [1.165, 1.54) is 5.56 Å². The molecular formula is C18H19BrN2O2. The average Bonchev–Trinajstić information content (AvgIpc) is 2.55. The van der Waals surface area contributed by atoms with Crippen molar-refractivity contribution in [2.45, 2.75) is 20.3 Å². The number of amides is 1. The van der Waals surface area contributed by atoms with Crippen LogP contribution in [0.4, 0.5) is 5.69 Å². The minimum Gasteiger partial charge on any atom is -0.386 e. The van der Waals surface area contributed by atoms with Crippen molar-refractivity contribution < 1.29 is 9.63 Å². The Hall–Kier alpha value is -2.14. The highest BCUT2D eigenvalue weighted by atomic mass is 79.9. The maximum absolute atomic E-state index is 11.8. The van der Waals surface area contributed by atoms with E-state index in [-0.39, 0.29) is 12.5 Å². The van der Waals surface area contributed by atoms with Crippen LogP contribution in [-0.2, 0) is 16.1 Å². The summed E-state index contributed by atoms with van der Waals surface area (Å²) in [5.74, 6) is -0.256. The summed E-state index contributed by atoms with van der Waals surface area (Å²) in [6.07, 6.45) is 2.59. The van der Waals surface area contributed by atoms with Crippen LogP contribution in [0, 0.1) is 6.92 Å². The molecule has 0 saturated carbocycles. The van der Waals surface area contributed by atoms with Gasteiger partial charge in [0.05, 0.1) is 11.9 Å². The number of hydrogen-bond donors (Lipinski definition) is 1. The lowest BCUT2D eigenvalue weighted by molar-refractivity contribution is -0.120. The van der Waals surface area contributed by atoms with Crippen molar-refractivity contribution in [1.82, 2.24) is 0 Å². The lowest BCUT2D eigenvalue weighted by atomic mass is 10.1. The summed E-state index contributed by atoms with van der Waals surface area (Å²) < 4.78 is 0.838. The molecule has 1 N–H and O–H groups in total. The molecule has 2 aromatic carbocycles. The van der Waals surface area contributed by atoms with E-state index in [0.29, 0.717) is 5.69 Å². The van der Waals surface area contributed by atoms with Gasteiger partial charge in [-0.2, -0.15) is 0 Å². The largest absolute Gasteiger partial charge is 0.386 e. The summed E-state index contributed by atoms with van der Waals surface area (Å²) in [7, 11) is 0. The minimum atomic E-state index is -0.256. The Kier molecular flexibility index (Phi) is 6.35. The lowest BCUT2D eigenvalue weighted by Gasteiger charge is -2.07. The van der Waals surface area contributed by atoms with Crippen molar-refractivity contribution in [3.05, 3.63) is 63.6 Å². The smallest absolute Gasteiger partial charge is 0.265 e. The molecule has 0 aliphatic carbocycles. The molecule has 0 unspecified atom stereocenters. The highest BCUT2D eigenvalue weighted by molar-refractivity contribution is 9.10. The number of rotatable bonds is 6. The van der Waals surface area contributed by atoms with E-state index < -0.39 is 0 Å². The average molecular weight is 375 g/mol. The quantitative estimate of drug-likeness (QED) is 0.604. The monoisotopic (exact) mass is 374 g/mol. The molecule has 1 amide bonds. The second-order valence-electron chi connectivity index (χ2n) is 5.13. The highest BCUT2D eigenvalue weighted by Crippen LogP contribution is 2.23. The van der Waals surface area contributed by atoms with Crippen LogP contribution in [0.25, 0.3) is 0 Å². The Labute approximate surface area is 144 Å². The van der Waals surface area contributed by atoms with Crippen molar-refractivity contribution in [3.8, 4) is 0 Å². The molecule has 0 heterocycles. The summed E-state index contributed by atoms with van der Waals surface area (Å²) >= 11 is 3.41. The van der Waals surface area contributed by atoms with E-state index in [4.69, 9.17) is 4.84 Å². The third-order valence-electron chi connectivity index (χ3n) is 3.26. The van der Waals surface area contributed by atoms with Gasteiger partial charge in [-0.25, -0.2) is 0 Å². The number of hydrogen-bond acceptors (Lipinski definition) is 3. The van der Waals surface area contributed by atoms with Crippen LogP contribution in [0.15, 0.2) is 52.1 Å². The summed E-state index contributed by atoms with van der Waals surface area (Å²) in [5.41, 5.74) is 4.03. The zero-order valence-electron chi connectivity index (χ0n) is 13.2. The van der Waals surface area contributed by atoms with E-state index in [0.717, 1.165) is 22.0 Å². The molecule has 0 bridgehead atoms. The number of carbonyl (C=O) groups excluding carboxylic acids is 1. The van der Waals surface area contributed by atoms with Gasteiger partial charge in [0.25, 0.3) is 5.91 Å². The summed E-state index contributed by atoms with van der Waals surface area (Å²) in [5, 5.41) is 6.58. The molecule has 0 aromatic heterocycles. The molecule has 4 nitrogen and oxygen atoms in total. The van der Waals surface area contributed by atoms with Crippen LogP contribution in [0.2, 0.25) is 0 Å². The third kappa shape index (κ3) is 5.53. The number of carbonyl (C=O) groups is 1. The molecule has 0 aliphatic rings. The molecule has 0 atom stereocenters. The molecule has 2 aromatic rings. The minimum absolute atomic E-state index is 0.135. The second kappa shape index (κ2) is 8.48. The molecule has 0 spiro atoms. The van der Waals surface area contributed by atoms with E-state index in [1.54, 1.807) is 6.21 Å². The number of aryl methyl sites for hydroxylation is 2. The molecule has 0 saturated heterocycles. The van der Waals surface area contributed by atoms with Gasteiger partial charge in [0.2, 0.25) is 0 Å². The summed E-state index contributed by atoms with van der Waals surface area (Å²) in [6, 6.07) is 13.7. The van der Waals surface area contributed by atoms with Gasteiger partial charge < -0.3 is 10.2 Å². The van der Waals surface area contributed by atoms with Crippen LogP contribution in [0.1, 0.15) is 23.6 Å². The molecule has 0 fully saturated rings. The van der Waals surface area contributed by atoms with Gasteiger partial charge in [-0.15, -0.1) is 0 Å². The Balaban J connectivity index is 1.80. The highest BCUT2D eigenvalue weighted by Gasteiger charge is 2.05. The van der Waals surface area contributed by atoms with Gasteiger partial charge in [-0.3, -0.25) is 4.79 Å². The maximum Gasteiger partial charge on any atom is 0.265 e. The molecule has 120 valence electrons. The fraction of sp³-hybridized carbons (Fsp3) is 0.222. The zero-order valence-corrected chi connectivity index (χ0v) is 14.8. The standard InChI is InChI=1S/C18H19BrN2O2/c1-3-14-5-7-15(8-6-14)11-20-23-12-18(22)21-17-9-4-13(2)10-16(17)19/h4-11H,3,12H2,1-2H3,(H,21,22)/b20-11-. The lowest BCUT2D eigenvalue weighted by Crippen LogP contribution is -2.17. The first-order valence-electron chi connectivity index (χ1n) is 7.38. The summed E-state index contributed by atoms with van der Waals surface area (Å²) in [6.45, 7) is 3.96. The van der Waals surface area contributed by atoms with E-state index in [2.05, 4.69) is 33.3 Å². The van der Waals surface area contributed by atoms with Crippen LogP contribution < -0.4 is 5.32 Å². The Bertz CT molecular complexity index is 697. The van der Waals surface area contributed by atoms with Crippen LogP contribution in [-0.4, -0.2) is 18.7 Å². The summed E-state index contributed by atoms with van der Waals surface area (Å²) in [4.78, 5) is 16.8. The molecule has 0 radical (unpaired) electrons. The molecular weight excluding hydrogens is 356 g/mol. The molecule has 5 heteroatoms. The number of benzene rings is 2. The van der Waals surface area contributed by atoms with Crippen LogP contribution >= 0.6 is 15.9 Å². The van der Waals surface area contributed by atoms with Gasteiger partial charge in [0, 0.05) is 4.47 Å². The van der Waals surface area contributed by atoms with Gasteiger partial charge in [0.15, 0.2) is 6.61 Å². The topological polar surface area (TPSA) is 50.7 Å². The predicted octanol–water partition coefficient (Wildman–Crippen LogP) is 4.31.